The minimum absolute atomic E-state index is 0.699. The number of fused-ring (bicyclic) bond motifs is 1. The van der Waals surface area contributed by atoms with Gasteiger partial charge in [0.1, 0.15) is 17.2 Å². The van der Waals surface area contributed by atoms with Crippen molar-refractivity contribution in [2.75, 3.05) is 43.1 Å². The molecule has 0 saturated carbocycles. The minimum Gasteiger partial charge on any atom is -0.494 e. The van der Waals surface area contributed by atoms with Crippen LogP contribution >= 0.6 is 0 Å². The predicted octanol–water partition coefficient (Wildman–Crippen LogP) is 3.64. The van der Waals surface area contributed by atoms with Crippen molar-refractivity contribution < 1.29 is 9.47 Å². The van der Waals surface area contributed by atoms with Gasteiger partial charge in [0.15, 0.2) is 0 Å². The molecule has 0 unspecified atom stereocenters. The summed E-state index contributed by atoms with van der Waals surface area (Å²) in [6.45, 7) is 7.82. The number of aromatic amines is 1. The van der Waals surface area contributed by atoms with E-state index in [2.05, 4.69) is 28.2 Å². The van der Waals surface area contributed by atoms with E-state index in [9.17, 15) is 0 Å². The van der Waals surface area contributed by atoms with Crippen molar-refractivity contribution in [3.05, 3.63) is 36.0 Å². The number of rotatable bonds is 6. The molecule has 2 aromatic heterocycles. The van der Waals surface area contributed by atoms with Crippen molar-refractivity contribution in [2.24, 2.45) is 0 Å². The highest BCUT2D eigenvalue weighted by atomic mass is 16.5. The lowest BCUT2D eigenvalue weighted by molar-refractivity contribution is 0.122. The number of nitrogens with zero attached hydrogens (tertiary/aromatic N) is 3. The molecule has 0 aliphatic carbocycles. The number of hydrogen-bond acceptors (Lipinski definition) is 6. The standard InChI is InChI=1S/C20H25N5O2/c1-3-9-27-16-6-4-5-15(13-16)22-19-17-12-14(2)21-18(17)23-20(24-19)25-7-10-26-11-8-25/h4-6,12-13H,3,7-11H2,1-2H3,(H2,21,22,23,24). The molecule has 1 aliphatic heterocycles. The lowest BCUT2D eigenvalue weighted by Crippen LogP contribution is -2.37. The largest absolute Gasteiger partial charge is 0.494 e. The van der Waals surface area contributed by atoms with Gasteiger partial charge in [-0.15, -0.1) is 0 Å². The van der Waals surface area contributed by atoms with Crippen molar-refractivity contribution in [1.29, 1.82) is 0 Å². The summed E-state index contributed by atoms with van der Waals surface area (Å²) in [5.41, 5.74) is 2.83. The molecule has 1 aromatic carbocycles. The number of aromatic nitrogens is 3. The van der Waals surface area contributed by atoms with Gasteiger partial charge >= 0.3 is 0 Å². The zero-order chi connectivity index (χ0) is 18.6. The Bertz CT molecular complexity index is 918. The maximum atomic E-state index is 5.74. The number of ether oxygens (including phenoxy) is 2. The molecule has 0 atom stereocenters. The molecule has 0 bridgehead atoms. The molecule has 2 N–H and O–H groups in total. The molecule has 27 heavy (non-hydrogen) atoms. The SMILES string of the molecule is CCCOc1cccc(Nc2nc(N3CCOCC3)nc3[nH]c(C)cc23)c1. The Morgan fingerprint density at radius 1 is 1.22 bits per heavy atom. The first-order valence-corrected chi connectivity index (χ1v) is 9.43. The van der Waals surface area contributed by atoms with Crippen LogP contribution in [0.2, 0.25) is 0 Å². The summed E-state index contributed by atoms with van der Waals surface area (Å²) in [5.74, 6) is 2.36. The van der Waals surface area contributed by atoms with Crippen LogP contribution in [0.15, 0.2) is 30.3 Å². The second-order valence-corrected chi connectivity index (χ2v) is 6.69. The Morgan fingerprint density at radius 2 is 2.07 bits per heavy atom. The van der Waals surface area contributed by atoms with E-state index in [1.165, 1.54) is 0 Å². The van der Waals surface area contributed by atoms with Gasteiger partial charge in [0.25, 0.3) is 0 Å². The van der Waals surface area contributed by atoms with Crippen LogP contribution in [-0.2, 0) is 4.74 Å². The summed E-state index contributed by atoms with van der Waals surface area (Å²) in [6, 6.07) is 10.0. The smallest absolute Gasteiger partial charge is 0.229 e. The number of anilines is 3. The van der Waals surface area contributed by atoms with E-state index in [1.807, 2.05) is 31.2 Å². The fourth-order valence-electron chi connectivity index (χ4n) is 3.15. The monoisotopic (exact) mass is 367 g/mol. The molecule has 3 aromatic rings. The van der Waals surface area contributed by atoms with Crippen LogP contribution in [0.25, 0.3) is 11.0 Å². The lowest BCUT2D eigenvalue weighted by atomic mass is 10.2. The Labute approximate surface area is 158 Å². The van der Waals surface area contributed by atoms with E-state index in [4.69, 9.17) is 19.4 Å². The molecule has 3 heterocycles. The zero-order valence-corrected chi connectivity index (χ0v) is 15.8. The fourth-order valence-corrected chi connectivity index (χ4v) is 3.15. The van der Waals surface area contributed by atoms with Crippen LogP contribution in [0.5, 0.6) is 5.75 Å². The molecule has 1 saturated heterocycles. The van der Waals surface area contributed by atoms with Gasteiger partial charge < -0.3 is 24.7 Å². The second kappa shape index (κ2) is 7.84. The molecular weight excluding hydrogens is 342 g/mol. The quantitative estimate of drug-likeness (QED) is 0.693. The van der Waals surface area contributed by atoms with Crippen LogP contribution in [0.3, 0.4) is 0 Å². The van der Waals surface area contributed by atoms with Crippen molar-refractivity contribution in [2.45, 2.75) is 20.3 Å². The van der Waals surface area contributed by atoms with E-state index in [1.54, 1.807) is 0 Å². The van der Waals surface area contributed by atoms with E-state index in [0.29, 0.717) is 25.8 Å². The highest BCUT2D eigenvalue weighted by Gasteiger charge is 2.18. The van der Waals surface area contributed by atoms with Gasteiger partial charge in [-0.05, 0) is 31.5 Å². The van der Waals surface area contributed by atoms with E-state index >= 15 is 0 Å². The number of nitrogens with one attached hydrogen (secondary N) is 2. The van der Waals surface area contributed by atoms with E-state index < -0.39 is 0 Å². The minimum atomic E-state index is 0.699. The van der Waals surface area contributed by atoms with Gasteiger partial charge in [-0.1, -0.05) is 13.0 Å². The predicted molar refractivity (Wildman–Crippen MR) is 107 cm³/mol. The third-order valence-corrected chi connectivity index (χ3v) is 4.47. The summed E-state index contributed by atoms with van der Waals surface area (Å²) >= 11 is 0. The number of hydrogen-bond donors (Lipinski definition) is 2. The second-order valence-electron chi connectivity index (χ2n) is 6.69. The molecule has 0 spiro atoms. The molecule has 142 valence electrons. The third kappa shape index (κ3) is 3.98. The van der Waals surface area contributed by atoms with Gasteiger partial charge in [-0.3, -0.25) is 0 Å². The molecular formula is C20H25N5O2. The highest BCUT2D eigenvalue weighted by Crippen LogP contribution is 2.28. The van der Waals surface area contributed by atoms with Gasteiger partial charge in [-0.25, -0.2) is 0 Å². The van der Waals surface area contributed by atoms with Crippen molar-refractivity contribution in [3.8, 4) is 5.75 Å². The Morgan fingerprint density at radius 3 is 2.89 bits per heavy atom. The molecule has 1 aliphatic rings. The number of H-pyrrole nitrogens is 1. The van der Waals surface area contributed by atoms with Crippen LogP contribution in [0.1, 0.15) is 19.0 Å². The number of benzene rings is 1. The van der Waals surface area contributed by atoms with Gasteiger partial charge in [0, 0.05) is 30.5 Å². The summed E-state index contributed by atoms with van der Waals surface area (Å²) in [5, 5.41) is 4.42. The first-order valence-electron chi connectivity index (χ1n) is 9.43. The van der Waals surface area contributed by atoms with Crippen LogP contribution < -0.4 is 15.0 Å². The van der Waals surface area contributed by atoms with Crippen molar-refractivity contribution in [3.63, 3.8) is 0 Å². The summed E-state index contributed by atoms with van der Waals surface area (Å²) in [4.78, 5) is 15.0. The Kier molecular flexibility index (Phi) is 5.11. The Balaban J connectivity index is 1.67. The van der Waals surface area contributed by atoms with Crippen LogP contribution in [-0.4, -0.2) is 47.9 Å². The molecule has 4 rings (SSSR count). The van der Waals surface area contributed by atoms with Gasteiger partial charge in [0.05, 0.1) is 25.2 Å². The molecule has 7 nitrogen and oxygen atoms in total. The normalized spacial score (nSPS) is 14.5. The van der Waals surface area contributed by atoms with Crippen LogP contribution in [0.4, 0.5) is 17.5 Å². The zero-order valence-electron chi connectivity index (χ0n) is 15.8. The molecule has 0 radical (unpaired) electrons. The Hall–Kier alpha value is -2.80. The van der Waals surface area contributed by atoms with Gasteiger partial charge in [-0.2, -0.15) is 9.97 Å². The summed E-state index contributed by atoms with van der Waals surface area (Å²) in [6.07, 6.45) is 0.982. The average Bonchev–Trinajstić information content (AvgIpc) is 3.08. The molecule has 7 heteroatoms. The average molecular weight is 367 g/mol. The number of aryl methyl sites for hydroxylation is 1. The first-order chi connectivity index (χ1) is 13.2. The first kappa shape index (κ1) is 17.6. The van der Waals surface area contributed by atoms with Crippen LogP contribution in [0, 0.1) is 6.92 Å². The highest BCUT2D eigenvalue weighted by molar-refractivity contribution is 5.90. The fraction of sp³-hybridized carbons (Fsp3) is 0.400. The summed E-state index contributed by atoms with van der Waals surface area (Å²) < 4.78 is 11.2. The number of morpholine rings is 1. The van der Waals surface area contributed by atoms with Crippen molar-refractivity contribution >= 4 is 28.5 Å². The third-order valence-electron chi connectivity index (χ3n) is 4.47. The topological polar surface area (TPSA) is 75.3 Å². The molecule has 1 fully saturated rings. The van der Waals surface area contributed by atoms with Gasteiger partial charge in [0.2, 0.25) is 5.95 Å². The van der Waals surface area contributed by atoms with E-state index in [-0.39, 0.29) is 0 Å². The lowest BCUT2D eigenvalue weighted by Gasteiger charge is -2.27. The van der Waals surface area contributed by atoms with E-state index in [0.717, 1.165) is 53.5 Å². The van der Waals surface area contributed by atoms with Crippen molar-refractivity contribution in [1.82, 2.24) is 15.0 Å². The summed E-state index contributed by atoms with van der Waals surface area (Å²) in [7, 11) is 0. The maximum absolute atomic E-state index is 5.74. The maximum Gasteiger partial charge on any atom is 0.229 e. The molecule has 0 amide bonds.